The van der Waals surface area contributed by atoms with Gasteiger partial charge in [0.25, 0.3) is 0 Å². The summed E-state index contributed by atoms with van der Waals surface area (Å²) in [7, 11) is 0. The standard InChI is InChI=1S/C15H14BrN/c1-11-8-14(16)9-12(2)15(11)17-10-13-6-4-3-5-7-13/h3-10H,1-2H3. The van der Waals surface area contributed by atoms with E-state index in [0.29, 0.717) is 0 Å². The fourth-order valence-corrected chi connectivity index (χ4v) is 2.47. The summed E-state index contributed by atoms with van der Waals surface area (Å²) in [5.41, 5.74) is 4.54. The predicted octanol–water partition coefficient (Wildman–Crippen LogP) is 4.82. The molecule has 0 aliphatic rings. The number of hydrogen-bond acceptors (Lipinski definition) is 1. The molecule has 0 saturated carbocycles. The van der Waals surface area contributed by atoms with E-state index in [2.05, 4.69) is 46.9 Å². The minimum atomic E-state index is 1.05. The number of aryl methyl sites for hydroxylation is 2. The van der Waals surface area contributed by atoms with E-state index >= 15 is 0 Å². The smallest absolute Gasteiger partial charge is 0.0688 e. The van der Waals surface area contributed by atoms with Crippen LogP contribution in [0, 0.1) is 13.8 Å². The first kappa shape index (κ1) is 12.1. The zero-order chi connectivity index (χ0) is 12.3. The highest BCUT2D eigenvalue weighted by Crippen LogP contribution is 2.27. The van der Waals surface area contributed by atoms with Gasteiger partial charge in [-0.2, -0.15) is 0 Å². The van der Waals surface area contributed by atoms with Gasteiger partial charge in [0, 0.05) is 10.7 Å². The maximum absolute atomic E-state index is 4.57. The molecule has 0 saturated heterocycles. The first-order valence-electron chi connectivity index (χ1n) is 5.52. The molecule has 2 aromatic rings. The normalized spacial score (nSPS) is 11.0. The second-order valence-electron chi connectivity index (χ2n) is 4.06. The summed E-state index contributed by atoms with van der Waals surface area (Å²) in [4.78, 5) is 4.57. The highest BCUT2D eigenvalue weighted by molar-refractivity contribution is 9.10. The average Bonchev–Trinajstić information content (AvgIpc) is 2.29. The second kappa shape index (κ2) is 5.28. The molecule has 0 radical (unpaired) electrons. The largest absolute Gasteiger partial charge is 0.256 e. The van der Waals surface area contributed by atoms with Crippen molar-refractivity contribution in [2.45, 2.75) is 13.8 Å². The van der Waals surface area contributed by atoms with Gasteiger partial charge in [0.1, 0.15) is 0 Å². The van der Waals surface area contributed by atoms with E-state index in [1.54, 1.807) is 0 Å². The van der Waals surface area contributed by atoms with Crippen LogP contribution in [-0.2, 0) is 0 Å². The minimum absolute atomic E-state index is 1.05. The van der Waals surface area contributed by atoms with Gasteiger partial charge in [-0.25, -0.2) is 0 Å². The average molecular weight is 288 g/mol. The van der Waals surface area contributed by atoms with Crippen LogP contribution in [0.5, 0.6) is 0 Å². The summed E-state index contributed by atoms with van der Waals surface area (Å²) in [5, 5.41) is 0. The number of hydrogen-bond donors (Lipinski definition) is 0. The third-order valence-electron chi connectivity index (χ3n) is 2.60. The lowest BCUT2D eigenvalue weighted by atomic mass is 10.1. The quantitative estimate of drug-likeness (QED) is 0.703. The molecule has 0 amide bonds. The lowest BCUT2D eigenvalue weighted by Crippen LogP contribution is -1.84. The number of halogens is 1. The third kappa shape index (κ3) is 3.04. The van der Waals surface area contributed by atoms with Crippen LogP contribution in [-0.4, -0.2) is 6.21 Å². The van der Waals surface area contributed by atoms with Gasteiger partial charge in [0.05, 0.1) is 5.69 Å². The number of benzene rings is 2. The maximum atomic E-state index is 4.57. The van der Waals surface area contributed by atoms with E-state index in [0.717, 1.165) is 15.7 Å². The Balaban J connectivity index is 2.34. The Bertz CT molecular complexity index is 521. The van der Waals surface area contributed by atoms with E-state index in [-0.39, 0.29) is 0 Å². The zero-order valence-electron chi connectivity index (χ0n) is 9.94. The molecule has 17 heavy (non-hydrogen) atoms. The van der Waals surface area contributed by atoms with Crippen molar-refractivity contribution in [3.05, 3.63) is 63.6 Å². The van der Waals surface area contributed by atoms with Crippen LogP contribution in [0.4, 0.5) is 5.69 Å². The molecule has 0 atom stereocenters. The van der Waals surface area contributed by atoms with Gasteiger partial charge in [0.15, 0.2) is 0 Å². The van der Waals surface area contributed by atoms with Crippen LogP contribution in [0.25, 0.3) is 0 Å². The third-order valence-corrected chi connectivity index (χ3v) is 3.06. The van der Waals surface area contributed by atoms with Gasteiger partial charge in [-0.15, -0.1) is 0 Å². The van der Waals surface area contributed by atoms with Crippen molar-refractivity contribution in [2.75, 3.05) is 0 Å². The number of rotatable bonds is 2. The van der Waals surface area contributed by atoms with Crippen molar-refractivity contribution in [1.82, 2.24) is 0 Å². The highest BCUT2D eigenvalue weighted by Gasteiger charge is 2.01. The van der Waals surface area contributed by atoms with Crippen LogP contribution < -0.4 is 0 Å². The number of nitrogens with zero attached hydrogens (tertiary/aromatic N) is 1. The van der Waals surface area contributed by atoms with E-state index in [1.165, 1.54) is 11.1 Å². The molecule has 0 aliphatic carbocycles. The monoisotopic (exact) mass is 287 g/mol. The van der Waals surface area contributed by atoms with Gasteiger partial charge < -0.3 is 0 Å². The Morgan fingerprint density at radius 1 is 1.00 bits per heavy atom. The molecule has 2 heteroatoms. The SMILES string of the molecule is Cc1cc(Br)cc(C)c1N=Cc1ccccc1. The molecule has 0 unspecified atom stereocenters. The molecule has 0 aromatic heterocycles. The van der Waals surface area contributed by atoms with Crippen molar-refractivity contribution < 1.29 is 0 Å². The molecule has 0 N–H and O–H groups in total. The topological polar surface area (TPSA) is 12.4 Å². The van der Waals surface area contributed by atoms with Gasteiger partial charge in [-0.3, -0.25) is 4.99 Å². The van der Waals surface area contributed by atoms with Crippen LogP contribution in [0.1, 0.15) is 16.7 Å². The lowest BCUT2D eigenvalue weighted by Gasteiger charge is -2.05. The van der Waals surface area contributed by atoms with Gasteiger partial charge in [-0.05, 0) is 42.7 Å². The van der Waals surface area contributed by atoms with Crippen LogP contribution in [0.3, 0.4) is 0 Å². The van der Waals surface area contributed by atoms with Gasteiger partial charge >= 0.3 is 0 Å². The molecule has 1 nitrogen and oxygen atoms in total. The van der Waals surface area contributed by atoms with Crippen molar-refractivity contribution in [3.63, 3.8) is 0 Å². The Hall–Kier alpha value is -1.41. The van der Waals surface area contributed by atoms with Crippen LogP contribution in [0.2, 0.25) is 0 Å². The summed E-state index contributed by atoms with van der Waals surface area (Å²) in [6, 6.07) is 14.3. The first-order chi connectivity index (χ1) is 8.16. The van der Waals surface area contributed by atoms with Crippen LogP contribution >= 0.6 is 15.9 Å². The summed E-state index contributed by atoms with van der Waals surface area (Å²) >= 11 is 3.49. The maximum Gasteiger partial charge on any atom is 0.0688 e. The summed E-state index contributed by atoms with van der Waals surface area (Å²) in [5.74, 6) is 0. The molecule has 0 bridgehead atoms. The van der Waals surface area contributed by atoms with Gasteiger partial charge in [0.2, 0.25) is 0 Å². The minimum Gasteiger partial charge on any atom is -0.256 e. The summed E-state index contributed by atoms with van der Waals surface area (Å²) < 4.78 is 1.10. The van der Waals surface area contributed by atoms with Crippen molar-refractivity contribution >= 4 is 27.8 Å². The van der Waals surface area contributed by atoms with E-state index in [9.17, 15) is 0 Å². The molecule has 0 heterocycles. The highest BCUT2D eigenvalue weighted by atomic mass is 79.9. The molecule has 2 aromatic carbocycles. The first-order valence-corrected chi connectivity index (χ1v) is 6.32. The fraction of sp³-hybridized carbons (Fsp3) is 0.133. The molecular formula is C15H14BrN. The van der Waals surface area contributed by atoms with Gasteiger partial charge in [-0.1, -0.05) is 46.3 Å². The molecule has 0 fully saturated rings. The Kier molecular flexibility index (Phi) is 3.75. The Morgan fingerprint density at radius 3 is 2.18 bits per heavy atom. The van der Waals surface area contributed by atoms with Crippen molar-refractivity contribution in [3.8, 4) is 0 Å². The molecule has 0 spiro atoms. The Labute approximate surface area is 110 Å². The second-order valence-corrected chi connectivity index (χ2v) is 4.97. The predicted molar refractivity (Wildman–Crippen MR) is 77.3 cm³/mol. The number of aliphatic imine (C=N–C) groups is 1. The summed E-state index contributed by atoms with van der Waals surface area (Å²) in [6.45, 7) is 4.16. The summed E-state index contributed by atoms with van der Waals surface area (Å²) in [6.07, 6.45) is 1.91. The van der Waals surface area contributed by atoms with E-state index in [1.807, 2.05) is 36.5 Å². The lowest BCUT2D eigenvalue weighted by molar-refractivity contribution is 1.32. The molecular weight excluding hydrogens is 274 g/mol. The molecule has 86 valence electrons. The van der Waals surface area contributed by atoms with Crippen LogP contribution in [0.15, 0.2) is 51.9 Å². The molecule has 2 rings (SSSR count). The Morgan fingerprint density at radius 2 is 1.59 bits per heavy atom. The van der Waals surface area contributed by atoms with Crippen molar-refractivity contribution in [1.29, 1.82) is 0 Å². The molecule has 0 aliphatic heterocycles. The van der Waals surface area contributed by atoms with E-state index < -0.39 is 0 Å². The van der Waals surface area contributed by atoms with Crippen molar-refractivity contribution in [2.24, 2.45) is 4.99 Å². The zero-order valence-corrected chi connectivity index (χ0v) is 11.5. The fourth-order valence-electron chi connectivity index (χ4n) is 1.78. The van der Waals surface area contributed by atoms with E-state index in [4.69, 9.17) is 0 Å².